The number of hydrogen-bond acceptors (Lipinski definition) is 3. The molecule has 1 aliphatic carbocycles. The molecule has 1 heterocycles. The highest BCUT2D eigenvalue weighted by molar-refractivity contribution is 5.97. The van der Waals surface area contributed by atoms with Crippen LogP contribution in [0, 0.1) is 5.92 Å². The summed E-state index contributed by atoms with van der Waals surface area (Å²) in [6.45, 7) is 4.65. The van der Waals surface area contributed by atoms with Gasteiger partial charge in [0, 0.05) is 17.3 Å². The number of anilines is 1. The lowest BCUT2D eigenvalue weighted by molar-refractivity contribution is -0.117. The lowest BCUT2D eigenvalue weighted by atomic mass is 9.99. The van der Waals surface area contributed by atoms with E-state index in [1.54, 1.807) is 18.2 Å². The fraction of sp³-hybridized carbons (Fsp3) is 0.556. The van der Waals surface area contributed by atoms with Crippen molar-refractivity contribution >= 4 is 17.5 Å². The number of piperidine rings is 1. The topological polar surface area (TPSA) is 61.4 Å². The zero-order valence-corrected chi connectivity index (χ0v) is 13.7. The van der Waals surface area contributed by atoms with Gasteiger partial charge in [0.2, 0.25) is 5.91 Å². The molecule has 1 saturated heterocycles. The molecular weight excluding hydrogens is 290 g/mol. The van der Waals surface area contributed by atoms with Crippen molar-refractivity contribution in [2.75, 3.05) is 25.0 Å². The van der Waals surface area contributed by atoms with E-state index in [1.165, 1.54) is 0 Å². The Bertz CT molecular complexity index is 575. The molecule has 0 bridgehead atoms. The Labute approximate surface area is 137 Å². The number of carbonyl (C=O) groups is 2. The van der Waals surface area contributed by atoms with E-state index in [0.717, 1.165) is 44.7 Å². The van der Waals surface area contributed by atoms with E-state index in [9.17, 15) is 9.59 Å². The highest BCUT2D eigenvalue weighted by atomic mass is 16.2. The number of nitrogens with zero attached hydrogens (tertiary/aromatic N) is 1. The van der Waals surface area contributed by atoms with Gasteiger partial charge in [0.05, 0.1) is 6.54 Å². The zero-order valence-electron chi connectivity index (χ0n) is 13.7. The normalized spacial score (nSPS) is 19.3. The Kier molecular flexibility index (Phi) is 4.96. The lowest BCUT2D eigenvalue weighted by Crippen LogP contribution is -2.38. The molecule has 124 valence electrons. The molecule has 0 spiro atoms. The number of rotatable bonds is 5. The summed E-state index contributed by atoms with van der Waals surface area (Å²) in [7, 11) is 0. The maximum absolute atomic E-state index is 12.2. The van der Waals surface area contributed by atoms with Crippen LogP contribution in [0.25, 0.3) is 0 Å². The van der Waals surface area contributed by atoms with Gasteiger partial charge in [-0.3, -0.25) is 14.5 Å². The zero-order chi connectivity index (χ0) is 16.2. The monoisotopic (exact) mass is 315 g/mol. The quantitative estimate of drug-likeness (QED) is 0.876. The fourth-order valence-corrected chi connectivity index (χ4v) is 2.86. The summed E-state index contributed by atoms with van der Waals surface area (Å²) in [5.41, 5.74) is 1.28. The maximum Gasteiger partial charge on any atom is 0.251 e. The van der Waals surface area contributed by atoms with Crippen molar-refractivity contribution in [3.63, 3.8) is 0 Å². The van der Waals surface area contributed by atoms with Crippen LogP contribution in [-0.4, -0.2) is 42.4 Å². The van der Waals surface area contributed by atoms with Crippen molar-refractivity contribution < 1.29 is 9.59 Å². The van der Waals surface area contributed by atoms with E-state index in [2.05, 4.69) is 22.5 Å². The van der Waals surface area contributed by atoms with E-state index in [0.29, 0.717) is 23.8 Å². The lowest BCUT2D eigenvalue weighted by Gasteiger charge is -2.29. The van der Waals surface area contributed by atoms with Crippen LogP contribution in [0.3, 0.4) is 0 Å². The van der Waals surface area contributed by atoms with Gasteiger partial charge in [-0.25, -0.2) is 0 Å². The van der Waals surface area contributed by atoms with E-state index in [4.69, 9.17) is 0 Å². The van der Waals surface area contributed by atoms with Crippen molar-refractivity contribution in [2.45, 2.75) is 38.6 Å². The molecule has 1 saturated carbocycles. The second kappa shape index (κ2) is 7.13. The predicted molar refractivity (Wildman–Crippen MR) is 90.4 cm³/mol. The van der Waals surface area contributed by atoms with Crippen molar-refractivity contribution in [3.05, 3.63) is 29.8 Å². The maximum atomic E-state index is 12.2. The first-order chi connectivity index (χ1) is 11.1. The van der Waals surface area contributed by atoms with Crippen LogP contribution in [-0.2, 0) is 4.79 Å². The van der Waals surface area contributed by atoms with Crippen molar-refractivity contribution in [1.29, 1.82) is 0 Å². The van der Waals surface area contributed by atoms with E-state index < -0.39 is 0 Å². The summed E-state index contributed by atoms with van der Waals surface area (Å²) >= 11 is 0. The Morgan fingerprint density at radius 1 is 1.17 bits per heavy atom. The second-order valence-electron chi connectivity index (χ2n) is 6.84. The molecule has 0 aromatic heterocycles. The van der Waals surface area contributed by atoms with Crippen LogP contribution in [0.2, 0.25) is 0 Å². The SMILES string of the molecule is CC1CCN(CC(=O)Nc2cccc(C(=O)NC3CC3)c2)CC1. The molecule has 0 radical (unpaired) electrons. The summed E-state index contributed by atoms with van der Waals surface area (Å²) in [6.07, 6.45) is 4.45. The minimum absolute atomic E-state index is 0.0145. The van der Waals surface area contributed by atoms with E-state index in [-0.39, 0.29) is 11.8 Å². The second-order valence-corrected chi connectivity index (χ2v) is 6.84. The van der Waals surface area contributed by atoms with Crippen LogP contribution >= 0.6 is 0 Å². The third-order valence-corrected chi connectivity index (χ3v) is 4.56. The molecule has 1 aromatic rings. The van der Waals surface area contributed by atoms with Crippen LogP contribution in [0.1, 0.15) is 43.0 Å². The molecule has 1 aliphatic heterocycles. The molecule has 5 heteroatoms. The number of carbonyl (C=O) groups excluding carboxylic acids is 2. The Balaban J connectivity index is 1.52. The number of benzene rings is 1. The Morgan fingerprint density at radius 3 is 2.61 bits per heavy atom. The molecule has 2 amide bonds. The van der Waals surface area contributed by atoms with Gasteiger partial charge in [0.25, 0.3) is 5.91 Å². The first-order valence-corrected chi connectivity index (χ1v) is 8.53. The average Bonchev–Trinajstić information content (AvgIpc) is 3.34. The van der Waals surface area contributed by atoms with Gasteiger partial charge >= 0.3 is 0 Å². The van der Waals surface area contributed by atoms with Crippen LogP contribution in [0.4, 0.5) is 5.69 Å². The van der Waals surface area contributed by atoms with Gasteiger partial charge in [-0.15, -0.1) is 0 Å². The van der Waals surface area contributed by atoms with Crippen LogP contribution in [0.15, 0.2) is 24.3 Å². The highest BCUT2D eigenvalue weighted by Gasteiger charge is 2.24. The van der Waals surface area contributed by atoms with Gasteiger partial charge in [0.15, 0.2) is 0 Å². The minimum atomic E-state index is -0.0615. The summed E-state index contributed by atoms with van der Waals surface area (Å²) in [5, 5.41) is 5.86. The first-order valence-electron chi connectivity index (χ1n) is 8.53. The summed E-state index contributed by atoms with van der Waals surface area (Å²) in [6, 6.07) is 7.49. The molecule has 3 rings (SSSR count). The average molecular weight is 315 g/mol. The van der Waals surface area contributed by atoms with Gasteiger partial charge in [-0.05, 0) is 62.9 Å². The van der Waals surface area contributed by atoms with Crippen molar-refractivity contribution in [1.82, 2.24) is 10.2 Å². The molecule has 2 fully saturated rings. The van der Waals surface area contributed by atoms with Crippen LogP contribution in [0.5, 0.6) is 0 Å². The van der Waals surface area contributed by atoms with Gasteiger partial charge in [-0.2, -0.15) is 0 Å². The summed E-state index contributed by atoms with van der Waals surface area (Å²) in [5.74, 6) is 0.684. The Morgan fingerprint density at radius 2 is 1.91 bits per heavy atom. The van der Waals surface area contributed by atoms with E-state index >= 15 is 0 Å². The molecule has 2 N–H and O–H groups in total. The Hall–Kier alpha value is -1.88. The largest absolute Gasteiger partial charge is 0.349 e. The van der Waals surface area contributed by atoms with Crippen LogP contribution < -0.4 is 10.6 Å². The third-order valence-electron chi connectivity index (χ3n) is 4.56. The molecule has 1 aromatic carbocycles. The molecule has 5 nitrogen and oxygen atoms in total. The number of nitrogens with one attached hydrogen (secondary N) is 2. The number of likely N-dealkylation sites (tertiary alicyclic amines) is 1. The third kappa shape index (κ3) is 4.79. The smallest absolute Gasteiger partial charge is 0.251 e. The minimum Gasteiger partial charge on any atom is -0.349 e. The van der Waals surface area contributed by atoms with Crippen molar-refractivity contribution in [3.8, 4) is 0 Å². The molecule has 0 unspecified atom stereocenters. The number of hydrogen-bond donors (Lipinski definition) is 2. The molecule has 23 heavy (non-hydrogen) atoms. The van der Waals surface area contributed by atoms with E-state index in [1.807, 2.05) is 6.07 Å². The predicted octanol–water partition coefficient (Wildman–Crippen LogP) is 2.25. The van der Waals surface area contributed by atoms with Crippen molar-refractivity contribution in [2.24, 2.45) is 5.92 Å². The fourth-order valence-electron chi connectivity index (χ4n) is 2.86. The summed E-state index contributed by atoms with van der Waals surface area (Å²) < 4.78 is 0. The van der Waals surface area contributed by atoms with Gasteiger partial charge in [-0.1, -0.05) is 13.0 Å². The standard InChI is InChI=1S/C18H25N3O2/c1-13-7-9-21(10-8-13)12-17(22)19-16-4-2-3-14(11-16)18(23)20-15-5-6-15/h2-4,11,13,15H,5-10,12H2,1H3,(H,19,22)(H,20,23). The van der Waals surface area contributed by atoms with Gasteiger partial charge < -0.3 is 10.6 Å². The first kappa shape index (κ1) is 16.0. The molecular formula is C18H25N3O2. The molecule has 2 aliphatic rings. The molecule has 0 atom stereocenters. The highest BCUT2D eigenvalue weighted by Crippen LogP contribution is 2.20. The number of amides is 2. The van der Waals surface area contributed by atoms with Gasteiger partial charge in [0.1, 0.15) is 0 Å². The summed E-state index contributed by atoms with van der Waals surface area (Å²) in [4.78, 5) is 26.4.